The van der Waals surface area contributed by atoms with Crippen LogP contribution in [-0.2, 0) is 13.2 Å². The van der Waals surface area contributed by atoms with Crippen LogP contribution in [0.4, 0.5) is 0 Å². The van der Waals surface area contributed by atoms with Crippen LogP contribution >= 0.6 is 0 Å². The molecule has 0 atom stereocenters. The Balaban J connectivity index is 2.09. The second kappa shape index (κ2) is 5.27. The molecular formula is C15H19NO2. The van der Waals surface area contributed by atoms with Crippen molar-refractivity contribution in [2.24, 2.45) is 5.73 Å². The van der Waals surface area contributed by atoms with Crippen LogP contribution in [0, 0.1) is 20.8 Å². The molecule has 3 heteroatoms. The van der Waals surface area contributed by atoms with Crippen molar-refractivity contribution in [3.63, 3.8) is 0 Å². The van der Waals surface area contributed by atoms with Gasteiger partial charge in [-0.05, 0) is 44.0 Å². The second-order valence-electron chi connectivity index (χ2n) is 4.48. The van der Waals surface area contributed by atoms with Crippen LogP contribution in [0.15, 0.2) is 28.7 Å². The zero-order chi connectivity index (χ0) is 13.1. The molecule has 0 spiro atoms. The number of rotatable bonds is 4. The molecule has 2 aromatic rings. The molecular weight excluding hydrogens is 226 g/mol. The lowest BCUT2D eigenvalue weighted by Crippen LogP contribution is -1.97. The van der Waals surface area contributed by atoms with Crippen molar-refractivity contribution in [3.05, 3.63) is 52.5 Å². The van der Waals surface area contributed by atoms with E-state index in [0.717, 1.165) is 22.8 Å². The maximum Gasteiger partial charge on any atom is 0.146 e. The van der Waals surface area contributed by atoms with Crippen LogP contribution < -0.4 is 10.5 Å². The highest BCUT2D eigenvalue weighted by Crippen LogP contribution is 2.22. The summed E-state index contributed by atoms with van der Waals surface area (Å²) in [5, 5.41) is 0. The van der Waals surface area contributed by atoms with Crippen LogP contribution in [0.25, 0.3) is 0 Å². The third kappa shape index (κ3) is 2.57. The van der Waals surface area contributed by atoms with E-state index in [1.165, 1.54) is 11.1 Å². The number of hydrogen-bond acceptors (Lipinski definition) is 3. The molecule has 2 N–H and O–H groups in total. The van der Waals surface area contributed by atoms with E-state index in [4.69, 9.17) is 14.9 Å². The predicted octanol–water partition coefficient (Wildman–Crippen LogP) is 3.24. The van der Waals surface area contributed by atoms with Gasteiger partial charge in [0.1, 0.15) is 23.9 Å². The van der Waals surface area contributed by atoms with E-state index in [1.54, 1.807) is 0 Å². The van der Waals surface area contributed by atoms with Crippen LogP contribution in [0.5, 0.6) is 5.75 Å². The lowest BCUT2D eigenvalue weighted by Gasteiger charge is -2.09. The molecule has 0 aliphatic rings. The molecule has 1 heterocycles. The first-order chi connectivity index (χ1) is 8.61. The van der Waals surface area contributed by atoms with Gasteiger partial charge in [-0.1, -0.05) is 12.1 Å². The number of hydrogen-bond donors (Lipinski definition) is 1. The van der Waals surface area contributed by atoms with Crippen LogP contribution in [0.2, 0.25) is 0 Å². The van der Waals surface area contributed by atoms with E-state index in [-0.39, 0.29) is 0 Å². The van der Waals surface area contributed by atoms with Crippen LogP contribution in [0.3, 0.4) is 0 Å². The maximum absolute atomic E-state index is 5.78. The SMILES string of the molecule is Cc1cccc(OCc2cc(CN)c(C)o2)c1C. The van der Waals surface area contributed by atoms with E-state index < -0.39 is 0 Å². The molecule has 0 fully saturated rings. The summed E-state index contributed by atoms with van der Waals surface area (Å²) >= 11 is 0. The summed E-state index contributed by atoms with van der Waals surface area (Å²) in [6.07, 6.45) is 0. The fourth-order valence-corrected chi connectivity index (χ4v) is 1.89. The largest absolute Gasteiger partial charge is 0.485 e. The van der Waals surface area contributed by atoms with Gasteiger partial charge in [0.15, 0.2) is 0 Å². The van der Waals surface area contributed by atoms with Crippen LogP contribution in [0.1, 0.15) is 28.2 Å². The first-order valence-corrected chi connectivity index (χ1v) is 6.09. The second-order valence-corrected chi connectivity index (χ2v) is 4.48. The molecule has 96 valence electrons. The van der Waals surface area contributed by atoms with Gasteiger partial charge >= 0.3 is 0 Å². The first kappa shape index (κ1) is 12.7. The summed E-state index contributed by atoms with van der Waals surface area (Å²) in [7, 11) is 0. The van der Waals surface area contributed by atoms with Gasteiger partial charge in [0.05, 0.1) is 0 Å². The molecule has 3 nitrogen and oxygen atoms in total. The minimum absolute atomic E-state index is 0.436. The lowest BCUT2D eigenvalue weighted by atomic mass is 10.1. The average Bonchev–Trinajstić information content (AvgIpc) is 2.72. The Kier molecular flexibility index (Phi) is 3.72. The molecule has 18 heavy (non-hydrogen) atoms. The Labute approximate surface area is 108 Å². The molecule has 2 rings (SSSR count). The Morgan fingerprint density at radius 3 is 2.67 bits per heavy atom. The minimum Gasteiger partial charge on any atom is -0.485 e. The molecule has 1 aromatic heterocycles. The van der Waals surface area contributed by atoms with Crippen molar-refractivity contribution in [2.45, 2.75) is 33.9 Å². The summed E-state index contributed by atoms with van der Waals surface area (Å²) in [6, 6.07) is 8.00. The van der Waals surface area contributed by atoms with E-state index in [2.05, 4.69) is 19.9 Å². The molecule has 0 amide bonds. The van der Waals surface area contributed by atoms with Crippen LogP contribution in [-0.4, -0.2) is 0 Å². The summed E-state index contributed by atoms with van der Waals surface area (Å²) < 4.78 is 11.4. The fraction of sp³-hybridized carbons (Fsp3) is 0.333. The van der Waals surface area contributed by atoms with Gasteiger partial charge in [-0.25, -0.2) is 0 Å². The topological polar surface area (TPSA) is 48.4 Å². The van der Waals surface area contributed by atoms with Gasteiger partial charge in [-0.2, -0.15) is 0 Å². The summed E-state index contributed by atoms with van der Waals surface area (Å²) in [5.41, 5.74) is 9.05. The molecule has 0 aliphatic heterocycles. The number of furan rings is 1. The summed E-state index contributed by atoms with van der Waals surface area (Å²) in [5.74, 6) is 2.59. The van der Waals surface area contributed by atoms with E-state index in [0.29, 0.717) is 13.2 Å². The van der Waals surface area contributed by atoms with Gasteiger partial charge in [-0.3, -0.25) is 0 Å². The normalized spacial score (nSPS) is 10.7. The van der Waals surface area contributed by atoms with Crippen molar-refractivity contribution in [3.8, 4) is 5.75 Å². The van der Waals surface area contributed by atoms with Crippen molar-refractivity contribution in [1.82, 2.24) is 0 Å². The quantitative estimate of drug-likeness (QED) is 0.899. The Bertz CT molecular complexity index is 543. The number of aryl methyl sites for hydroxylation is 2. The van der Waals surface area contributed by atoms with Crippen molar-refractivity contribution in [2.75, 3.05) is 0 Å². The fourth-order valence-electron chi connectivity index (χ4n) is 1.89. The summed E-state index contributed by atoms with van der Waals surface area (Å²) in [6.45, 7) is 6.99. The maximum atomic E-state index is 5.78. The van der Waals surface area contributed by atoms with Gasteiger partial charge < -0.3 is 14.9 Å². The summed E-state index contributed by atoms with van der Waals surface area (Å²) in [4.78, 5) is 0. The molecule has 0 radical (unpaired) electrons. The average molecular weight is 245 g/mol. The number of benzene rings is 1. The Hall–Kier alpha value is -1.74. The zero-order valence-electron chi connectivity index (χ0n) is 11.1. The van der Waals surface area contributed by atoms with Crippen molar-refractivity contribution >= 4 is 0 Å². The number of nitrogens with two attached hydrogens (primary N) is 1. The predicted molar refractivity (Wildman–Crippen MR) is 71.6 cm³/mol. The molecule has 0 saturated carbocycles. The smallest absolute Gasteiger partial charge is 0.146 e. The first-order valence-electron chi connectivity index (χ1n) is 6.09. The molecule has 0 unspecified atom stereocenters. The molecule has 1 aromatic carbocycles. The van der Waals surface area contributed by atoms with Gasteiger partial charge in [0, 0.05) is 12.1 Å². The van der Waals surface area contributed by atoms with E-state index >= 15 is 0 Å². The molecule has 0 aliphatic carbocycles. The third-order valence-electron chi connectivity index (χ3n) is 3.22. The van der Waals surface area contributed by atoms with Gasteiger partial charge in [0.2, 0.25) is 0 Å². The lowest BCUT2D eigenvalue weighted by molar-refractivity contribution is 0.266. The van der Waals surface area contributed by atoms with Crippen molar-refractivity contribution < 1.29 is 9.15 Å². The molecule has 0 bridgehead atoms. The van der Waals surface area contributed by atoms with E-state index in [1.807, 2.05) is 25.1 Å². The highest BCUT2D eigenvalue weighted by molar-refractivity contribution is 5.38. The molecule has 0 saturated heterocycles. The monoisotopic (exact) mass is 245 g/mol. The van der Waals surface area contributed by atoms with Gasteiger partial charge in [0.25, 0.3) is 0 Å². The highest BCUT2D eigenvalue weighted by atomic mass is 16.5. The minimum atomic E-state index is 0.436. The third-order valence-corrected chi connectivity index (χ3v) is 3.22. The highest BCUT2D eigenvalue weighted by Gasteiger charge is 2.08. The van der Waals surface area contributed by atoms with E-state index in [9.17, 15) is 0 Å². The zero-order valence-corrected chi connectivity index (χ0v) is 11.1. The van der Waals surface area contributed by atoms with Crippen molar-refractivity contribution in [1.29, 1.82) is 0 Å². The van der Waals surface area contributed by atoms with Gasteiger partial charge in [-0.15, -0.1) is 0 Å². The Morgan fingerprint density at radius 1 is 1.22 bits per heavy atom. The Morgan fingerprint density at radius 2 is 2.00 bits per heavy atom. The standard InChI is InChI=1S/C15H19NO2/c1-10-5-4-6-15(11(10)2)17-9-14-7-13(8-16)12(3)18-14/h4-7H,8-9,16H2,1-3H3. The number of ether oxygens (including phenoxy) is 1.